The number of alkyl carbamates (subject to hydrolysis) is 2. The first kappa shape index (κ1) is 31.1. The SMILES string of the molecule is CC(C)(C)OC(=O)NCCCN(CCCCN(CCCNC(=O)OC(C)(C)C)C(=O)O)C(=O)O. The van der Waals surface area contributed by atoms with Crippen molar-refractivity contribution in [1.82, 2.24) is 20.4 Å². The van der Waals surface area contributed by atoms with E-state index in [2.05, 4.69) is 10.6 Å². The highest BCUT2D eigenvalue weighted by molar-refractivity contribution is 5.68. The average molecular weight is 491 g/mol. The number of carbonyl (C=O) groups is 4. The second kappa shape index (κ2) is 15.1. The number of rotatable bonds is 13. The summed E-state index contributed by atoms with van der Waals surface area (Å²) in [7, 11) is 0. The molecule has 0 atom stereocenters. The Balaban J connectivity index is 4.19. The molecule has 0 spiro atoms. The third-order valence-corrected chi connectivity index (χ3v) is 4.19. The van der Waals surface area contributed by atoms with Gasteiger partial charge in [-0.2, -0.15) is 0 Å². The fourth-order valence-corrected chi connectivity index (χ4v) is 2.76. The number of nitrogens with one attached hydrogen (secondary N) is 2. The summed E-state index contributed by atoms with van der Waals surface area (Å²) < 4.78 is 10.2. The topological polar surface area (TPSA) is 158 Å². The minimum absolute atomic E-state index is 0.240. The van der Waals surface area contributed by atoms with Crippen LogP contribution in [-0.4, -0.2) is 94.9 Å². The molecule has 0 saturated heterocycles. The van der Waals surface area contributed by atoms with Crippen molar-refractivity contribution >= 4 is 24.4 Å². The molecule has 0 bridgehead atoms. The molecule has 0 aromatic heterocycles. The van der Waals surface area contributed by atoms with Crippen molar-refractivity contribution in [3.05, 3.63) is 0 Å². The van der Waals surface area contributed by atoms with Gasteiger partial charge in [-0.05, 0) is 67.2 Å². The number of hydrogen-bond donors (Lipinski definition) is 4. The number of nitrogens with zero attached hydrogens (tertiary/aromatic N) is 2. The van der Waals surface area contributed by atoms with Crippen molar-refractivity contribution in [3.8, 4) is 0 Å². The minimum atomic E-state index is -1.07. The normalized spacial score (nSPS) is 11.4. The maximum absolute atomic E-state index is 11.6. The van der Waals surface area contributed by atoms with Crippen LogP contribution in [0, 0.1) is 0 Å². The summed E-state index contributed by atoms with van der Waals surface area (Å²) in [5.41, 5.74) is -1.20. The molecule has 0 heterocycles. The second-order valence-corrected chi connectivity index (χ2v) is 9.81. The Morgan fingerprint density at radius 3 is 1.18 bits per heavy atom. The first-order chi connectivity index (χ1) is 15.6. The van der Waals surface area contributed by atoms with Crippen molar-refractivity contribution in [2.45, 2.75) is 78.4 Å². The van der Waals surface area contributed by atoms with Crippen molar-refractivity contribution in [2.24, 2.45) is 0 Å². The van der Waals surface area contributed by atoms with E-state index in [1.54, 1.807) is 41.5 Å². The molecular weight excluding hydrogens is 448 g/mol. The Hall–Kier alpha value is -2.92. The summed E-state index contributed by atoms with van der Waals surface area (Å²) in [6, 6.07) is 0. The van der Waals surface area contributed by atoms with Gasteiger partial charge < -0.3 is 40.1 Å². The lowest BCUT2D eigenvalue weighted by Gasteiger charge is -2.22. The molecule has 0 radical (unpaired) electrons. The highest BCUT2D eigenvalue weighted by Gasteiger charge is 2.18. The predicted octanol–water partition coefficient (Wildman–Crippen LogP) is 3.56. The Labute approximate surface area is 201 Å². The predicted molar refractivity (Wildman–Crippen MR) is 126 cm³/mol. The standard InChI is InChI=1S/C22H42N4O8/c1-21(2,3)33-17(27)23-11-9-15-25(19(29)30)13-7-8-14-26(20(31)32)16-10-12-24-18(28)34-22(4,5)6/h7-16H2,1-6H3,(H,23,27)(H,24,28)(H,29,30)(H,31,32). The lowest BCUT2D eigenvalue weighted by Crippen LogP contribution is -2.37. The van der Waals surface area contributed by atoms with Crippen LogP contribution in [0.25, 0.3) is 0 Å². The zero-order chi connectivity index (χ0) is 26.4. The van der Waals surface area contributed by atoms with Crippen molar-refractivity contribution in [1.29, 1.82) is 0 Å². The summed E-state index contributed by atoms with van der Waals surface area (Å²) >= 11 is 0. The molecule has 12 nitrogen and oxygen atoms in total. The third-order valence-electron chi connectivity index (χ3n) is 4.19. The van der Waals surface area contributed by atoms with Crippen LogP contribution in [-0.2, 0) is 9.47 Å². The molecule has 0 rings (SSSR count). The molecule has 4 amide bonds. The van der Waals surface area contributed by atoms with E-state index in [0.717, 1.165) is 0 Å². The molecule has 34 heavy (non-hydrogen) atoms. The molecular formula is C22H42N4O8. The fraction of sp³-hybridized carbons (Fsp3) is 0.818. The largest absolute Gasteiger partial charge is 0.465 e. The summed E-state index contributed by atoms with van der Waals surface area (Å²) in [6.07, 6.45) is -1.40. The molecule has 0 aliphatic heterocycles. The maximum atomic E-state index is 11.6. The third kappa shape index (κ3) is 17.6. The van der Waals surface area contributed by atoms with Crippen molar-refractivity contribution in [2.75, 3.05) is 39.3 Å². The van der Waals surface area contributed by atoms with Crippen LogP contribution in [0.3, 0.4) is 0 Å². The summed E-state index contributed by atoms with van der Waals surface area (Å²) in [6.45, 7) is 12.1. The van der Waals surface area contributed by atoms with E-state index in [-0.39, 0.29) is 39.3 Å². The van der Waals surface area contributed by atoms with Crippen LogP contribution in [0.15, 0.2) is 0 Å². The number of ether oxygens (including phenoxy) is 2. The molecule has 0 saturated carbocycles. The van der Waals surface area contributed by atoms with Crippen LogP contribution < -0.4 is 10.6 Å². The first-order valence-corrected chi connectivity index (χ1v) is 11.5. The van der Waals surface area contributed by atoms with Gasteiger partial charge in [-0.3, -0.25) is 0 Å². The van der Waals surface area contributed by atoms with Gasteiger partial charge in [0.1, 0.15) is 11.2 Å². The second-order valence-electron chi connectivity index (χ2n) is 9.81. The number of unbranched alkanes of at least 4 members (excludes halogenated alkanes) is 1. The van der Waals surface area contributed by atoms with Gasteiger partial charge in [0.15, 0.2) is 0 Å². The van der Waals surface area contributed by atoms with Gasteiger partial charge in [0, 0.05) is 39.3 Å². The van der Waals surface area contributed by atoms with Crippen LogP contribution >= 0.6 is 0 Å². The molecule has 0 aliphatic rings. The highest BCUT2D eigenvalue weighted by Crippen LogP contribution is 2.07. The van der Waals surface area contributed by atoms with E-state index in [4.69, 9.17) is 9.47 Å². The highest BCUT2D eigenvalue weighted by atomic mass is 16.6. The summed E-state index contributed by atoms with van der Waals surface area (Å²) in [4.78, 5) is 48.6. The van der Waals surface area contributed by atoms with E-state index in [1.807, 2.05) is 0 Å². The van der Waals surface area contributed by atoms with Gasteiger partial charge in [0.05, 0.1) is 0 Å². The molecule has 4 N–H and O–H groups in total. The van der Waals surface area contributed by atoms with Gasteiger partial charge >= 0.3 is 24.4 Å². The van der Waals surface area contributed by atoms with Gasteiger partial charge in [-0.25, -0.2) is 19.2 Å². The van der Waals surface area contributed by atoms with Crippen molar-refractivity contribution in [3.63, 3.8) is 0 Å². The van der Waals surface area contributed by atoms with Crippen LogP contribution in [0.4, 0.5) is 19.2 Å². The van der Waals surface area contributed by atoms with Gasteiger partial charge in [0.25, 0.3) is 0 Å². The van der Waals surface area contributed by atoms with E-state index in [1.165, 1.54) is 9.80 Å². The molecule has 0 aromatic rings. The smallest absolute Gasteiger partial charge is 0.407 e. The van der Waals surface area contributed by atoms with E-state index in [9.17, 15) is 29.4 Å². The summed E-state index contributed by atoms with van der Waals surface area (Å²) in [5, 5.41) is 23.9. The maximum Gasteiger partial charge on any atom is 0.407 e. The van der Waals surface area contributed by atoms with E-state index in [0.29, 0.717) is 25.7 Å². The quantitative estimate of drug-likeness (QED) is 0.285. The first-order valence-electron chi connectivity index (χ1n) is 11.5. The molecule has 12 heteroatoms. The zero-order valence-electron chi connectivity index (χ0n) is 21.3. The van der Waals surface area contributed by atoms with Gasteiger partial charge in [0.2, 0.25) is 0 Å². The fourth-order valence-electron chi connectivity index (χ4n) is 2.76. The number of hydrogen-bond acceptors (Lipinski definition) is 6. The Morgan fingerprint density at radius 2 is 0.912 bits per heavy atom. The Kier molecular flexibility index (Phi) is 13.8. The van der Waals surface area contributed by atoms with Gasteiger partial charge in [-0.1, -0.05) is 0 Å². The van der Waals surface area contributed by atoms with E-state index >= 15 is 0 Å². The number of carbonyl (C=O) groups excluding carboxylic acids is 2. The molecule has 0 unspecified atom stereocenters. The van der Waals surface area contributed by atoms with Crippen LogP contribution in [0.5, 0.6) is 0 Å². The van der Waals surface area contributed by atoms with Crippen molar-refractivity contribution < 1.29 is 38.9 Å². The van der Waals surface area contributed by atoms with Gasteiger partial charge in [-0.15, -0.1) is 0 Å². The molecule has 0 aromatic carbocycles. The zero-order valence-corrected chi connectivity index (χ0v) is 21.3. The van der Waals surface area contributed by atoms with Crippen LogP contribution in [0.2, 0.25) is 0 Å². The average Bonchev–Trinajstić information content (AvgIpc) is 2.64. The number of amides is 4. The lowest BCUT2D eigenvalue weighted by molar-refractivity contribution is 0.0513. The number of carboxylic acid groups (broad SMARTS) is 2. The molecule has 0 aliphatic carbocycles. The molecule has 198 valence electrons. The Bertz CT molecular complexity index is 602. The molecule has 0 fully saturated rings. The van der Waals surface area contributed by atoms with E-state index < -0.39 is 35.6 Å². The minimum Gasteiger partial charge on any atom is -0.465 e. The monoisotopic (exact) mass is 490 g/mol. The summed E-state index contributed by atoms with van der Waals surface area (Å²) in [5.74, 6) is 0. The Morgan fingerprint density at radius 1 is 0.618 bits per heavy atom. The lowest BCUT2D eigenvalue weighted by atomic mass is 10.2. The van der Waals surface area contributed by atoms with Crippen LogP contribution in [0.1, 0.15) is 67.2 Å².